The van der Waals surface area contributed by atoms with Crippen molar-refractivity contribution in [1.82, 2.24) is 0 Å². The van der Waals surface area contributed by atoms with Crippen molar-refractivity contribution in [3.8, 4) is 0 Å². The first kappa shape index (κ1) is 53.6. The first-order valence-electron chi connectivity index (χ1n) is 22.1. The van der Waals surface area contributed by atoms with Crippen molar-refractivity contribution in [3.05, 3.63) is 149 Å². The van der Waals surface area contributed by atoms with E-state index in [4.69, 9.17) is 0 Å². The molecule has 0 atom stereocenters. The van der Waals surface area contributed by atoms with Gasteiger partial charge in [-0.3, -0.25) is 0 Å². The van der Waals surface area contributed by atoms with Gasteiger partial charge in [0, 0.05) is 0 Å². The van der Waals surface area contributed by atoms with E-state index in [2.05, 4.69) is 209 Å². The van der Waals surface area contributed by atoms with Gasteiger partial charge in [0.15, 0.2) is 0 Å². The molecule has 0 amide bonds. The highest BCUT2D eigenvalue weighted by Crippen LogP contribution is 2.38. The Labute approximate surface area is 356 Å². The maximum atomic E-state index is 3.36. The molecule has 0 radical (unpaired) electrons. The van der Waals surface area contributed by atoms with Crippen molar-refractivity contribution >= 4 is 0 Å². The van der Waals surface area contributed by atoms with Gasteiger partial charge in [0.2, 0.25) is 0 Å². The fourth-order valence-corrected chi connectivity index (χ4v) is 10.2. The largest absolute Gasteiger partial charge is 0.103 e. The molecule has 0 aliphatic heterocycles. The summed E-state index contributed by atoms with van der Waals surface area (Å²) in [7, 11) is 0. The van der Waals surface area contributed by atoms with E-state index in [0.717, 1.165) is 0 Å². The van der Waals surface area contributed by atoms with Gasteiger partial charge < -0.3 is 0 Å². The number of hydrogen-bond donors (Lipinski definition) is 0. The van der Waals surface area contributed by atoms with Crippen LogP contribution < -0.4 is 0 Å². The Balaban J connectivity index is 0.000000734. The van der Waals surface area contributed by atoms with Crippen LogP contribution in [0.2, 0.25) is 0 Å². The molecule has 0 aromatic heterocycles. The summed E-state index contributed by atoms with van der Waals surface area (Å²) in [5.74, 6) is 3.73. The van der Waals surface area contributed by atoms with Crippen LogP contribution in [0, 0.1) is 83.1 Å². The number of aryl methyl sites for hydroxylation is 8. The third-order valence-corrected chi connectivity index (χ3v) is 11.1. The molecule has 0 saturated heterocycles. The monoisotopic (exact) mass is 775 g/mol. The maximum absolute atomic E-state index is 3.36. The topological polar surface area (TPSA) is 0 Å². The second-order valence-electron chi connectivity index (χ2n) is 18.9. The quantitative estimate of drug-likeness (QED) is 0.171. The molecule has 0 saturated carbocycles. The molecule has 4 aromatic carbocycles. The molecule has 0 aliphatic carbocycles. The average Bonchev–Trinajstić information content (AvgIpc) is 2.99. The van der Waals surface area contributed by atoms with Crippen molar-refractivity contribution in [3.63, 3.8) is 0 Å². The van der Waals surface area contributed by atoms with Gasteiger partial charge in [-0.05, 0) is 203 Å². The minimum absolute atomic E-state index is 0.612. The van der Waals surface area contributed by atoms with Crippen molar-refractivity contribution in [2.75, 3.05) is 0 Å². The summed E-state index contributed by atoms with van der Waals surface area (Å²) in [6, 6.07) is 13.4. The fourth-order valence-electron chi connectivity index (χ4n) is 10.2. The molecule has 4 rings (SSSR count). The predicted octanol–water partition coefficient (Wildman–Crippen LogP) is 18.4. The van der Waals surface area contributed by atoms with E-state index < -0.39 is 0 Å². The van der Waals surface area contributed by atoms with Crippen LogP contribution in [0.1, 0.15) is 226 Å². The fraction of sp³-hybridized carbons (Fsp3) is 0.544. The molecule has 0 heterocycles. The van der Waals surface area contributed by atoms with Crippen LogP contribution in [0.3, 0.4) is 0 Å². The lowest BCUT2D eigenvalue weighted by Crippen LogP contribution is -2.10. The van der Waals surface area contributed by atoms with Crippen molar-refractivity contribution in [1.29, 1.82) is 0 Å². The van der Waals surface area contributed by atoms with Crippen LogP contribution in [-0.4, -0.2) is 0 Å². The van der Waals surface area contributed by atoms with E-state index >= 15 is 0 Å². The Morgan fingerprint density at radius 3 is 0.684 bits per heavy atom. The van der Waals surface area contributed by atoms with Crippen LogP contribution in [-0.2, 0) is 0 Å². The van der Waals surface area contributed by atoms with Gasteiger partial charge in [-0.2, -0.15) is 0 Å². The molecular weight excluding hydrogens is 685 g/mol. The molecule has 0 N–H and O–H groups in total. The van der Waals surface area contributed by atoms with Crippen LogP contribution >= 0.6 is 0 Å². The Morgan fingerprint density at radius 2 is 0.474 bits per heavy atom. The first-order chi connectivity index (χ1) is 26.2. The normalized spacial score (nSPS) is 10.9. The van der Waals surface area contributed by atoms with Gasteiger partial charge in [0.1, 0.15) is 0 Å². The summed E-state index contributed by atoms with van der Waals surface area (Å²) >= 11 is 0. The summed E-state index contributed by atoms with van der Waals surface area (Å²) in [5.41, 5.74) is 26.6. The van der Waals surface area contributed by atoms with Gasteiger partial charge >= 0.3 is 0 Å². The summed E-state index contributed by atoms with van der Waals surface area (Å²) in [5, 5.41) is 0. The van der Waals surface area contributed by atoms with E-state index in [0.29, 0.717) is 35.5 Å². The van der Waals surface area contributed by atoms with Crippen LogP contribution in [0.15, 0.2) is 49.1 Å². The molecular formula is C57H90. The van der Waals surface area contributed by atoms with Crippen molar-refractivity contribution in [2.24, 2.45) is 0 Å². The standard InChI is InChI=1S/C18H30.C15H24.C12H18.C9H12.C3H6/c1-10(2)16-13(7)17(11(3)4)15(9)18(12(5)6)14(16)8;1-9(2)14-11(5)8-12(6)15(10(3)4)13(14)7;1-8(2)12-10(4)6-9(3)7-11(12)5;1-7-4-8(2)6-9(3)5-7;1-3-2/h10-12H,1-9H3;8-10H,1-7H3;6-8H,1-5H3;4-6H,1-3H3;3H,1H2,2H3. The maximum Gasteiger partial charge on any atom is -0.0213 e. The Bertz CT molecular complexity index is 1670. The van der Waals surface area contributed by atoms with Gasteiger partial charge in [0.05, 0.1) is 0 Å². The van der Waals surface area contributed by atoms with Crippen molar-refractivity contribution in [2.45, 2.75) is 209 Å². The lowest BCUT2D eigenvalue weighted by Gasteiger charge is -2.27. The van der Waals surface area contributed by atoms with Crippen LogP contribution in [0.4, 0.5) is 0 Å². The predicted molar refractivity (Wildman–Crippen MR) is 263 cm³/mol. The van der Waals surface area contributed by atoms with Crippen LogP contribution in [0.25, 0.3) is 0 Å². The zero-order valence-corrected chi connectivity index (χ0v) is 42.2. The van der Waals surface area contributed by atoms with Gasteiger partial charge in [0.25, 0.3) is 0 Å². The number of rotatable bonds is 6. The van der Waals surface area contributed by atoms with Crippen molar-refractivity contribution < 1.29 is 0 Å². The molecule has 0 unspecified atom stereocenters. The highest BCUT2D eigenvalue weighted by Gasteiger charge is 2.21. The second-order valence-corrected chi connectivity index (χ2v) is 18.9. The lowest BCUT2D eigenvalue weighted by molar-refractivity contribution is 0.768. The average molecular weight is 775 g/mol. The first-order valence-corrected chi connectivity index (χ1v) is 22.1. The van der Waals surface area contributed by atoms with E-state index in [1.54, 1.807) is 33.9 Å². The van der Waals surface area contributed by atoms with Crippen LogP contribution in [0.5, 0.6) is 0 Å². The summed E-state index contributed by atoms with van der Waals surface area (Å²) in [6.45, 7) is 59.5. The summed E-state index contributed by atoms with van der Waals surface area (Å²) < 4.78 is 0. The minimum Gasteiger partial charge on any atom is -0.103 e. The Morgan fingerprint density at radius 1 is 0.298 bits per heavy atom. The SMILES string of the molecule is C=CC.Cc1c(C(C)C)c(C)c(C(C)C)c(C)c1C(C)C.Cc1cc(C)c(C(C)C)c(C)c1.Cc1cc(C)c(C(C)C)c(C)c1C(C)C.Cc1cc(C)cc(C)c1. The Hall–Kier alpha value is -3.38. The van der Waals surface area contributed by atoms with E-state index in [1.165, 1.54) is 72.3 Å². The van der Waals surface area contributed by atoms with Gasteiger partial charge in [-0.25, -0.2) is 0 Å². The smallest absolute Gasteiger partial charge is 0.0213 e. The highest BCUT2D eigenvalue weighted by atomic mass is 14.3. The number of allylic oxidation sites excluding steroid dienone is 1. The molecule has 4 aromatic rings. The molecule has 0 nitrogen and oxygen atoms in total. The molecule has 0 spiro atoms. The Kier molecular flexibility index (Phi) is 23.1. The molecule has 57 heavy (non-hydrogen) atoms. The zero-order chi connectivity index (χ0) is 44.8. The molecule has 318 valence electrons. The van der Waals surface area contributed by atoms with Gasteiger partial charge in [-0.1, -0.05) is 148 Å². The number of benzene rings is 4. The summed E-state index contributed by atoms with van der Waals surface area (Å²) in [6.07, 6.45) is 1.75. The third kappa shape index (κ3) is 15.7. The molecule has 0 aliphatic rings. The van der Waals surface area contributed by atoms with E-state index in [-0.39, 0.29) is 0 Å². The second kappa shape index (κ2) is 24.5. The minimum atomic E-state index is 0.612. The molecule has 0 fully saturated rings. The molecule has 0 bridgehead atoms. The summed E-state index contributed by atoms with van der Waals surface area (Å²) in [4.78, 5) is 0. The third-order valence-electron chi connectivity index (χ3n) is 11.1. The lowest BCUT2D eigenvalue weighted by atomic mass is 9.78. The highest BCUT2D eigenvalue weighted by molar-refractivity contribution is 5.54. The van der Waals surface area contributed by atoms with Gasteiger partial charge in [-0.15, -0.1) is 6.58 Å². The zero-order valence-electron chi connectivity index (χ0n) is 42.2. The number of hydrogen-bond acceptors (Lipinski definition) is 0. The van der Waals surface area contributed by atoms with E-state index in [9.17, 15) is 0 Å². The van der Waals surface area contributed by atoms with E-state index in [1.807, 2.05) is 6.92 Å². The molecule has 0 heteroatoms.